The zero-order chi connectivity index (χ0) is 40.3. The number of benzene rings is 4. The summed E-state index contributed by atoms with van der Waals surface area (Å²) in [4.78, 5) is 36.5. The van der Waals surface area contributed by atoms with Crippen LogP contribution in [0.3, 0.4) is 0 Å². The van der Waals surface area contributed by atoms with Crippen molar-refractivity contribution in [3.8, 4) is 17.1 Å². The van der Waals surface area contributed by atoms with Crippen molar-refractivity contribution < 1.29 is 48.3 Å². The number of ketones is 1. The Balaban J connectivity index is 1.30. The number of nitrogens with zero attached hydrogens (tertiary/aromatic N) is 4. The third-order valence-electron chi connectivity index (χ3n) is 8.52. The molecule has 288 valence electrons. The zero-order valence-electron chi connectivity index (χ0n) is 28.2. The molecule has 1 aliphatic carbocycles. The van der Waals surface area contributed by atoms with Crippen LogP contribution in [-0.2, 0) is 46.0 Å². The van der Waals surface area contributed by atoms with Gasteiger partial charge in [-0.05, 0) is 59.7 Å². The molecule has 1 aliphatic rings. The van der Waals surface area contributed by atoms with E-state index in [4.69, 9.17) is 11.8 Å². The summed E-state index contributed by atoms with van der Waals surface area (Å²) < 4.78 is 93.8. The fourth-order valence-electron chi connectivity index (χ4n) is 6.05. The Morgan fingerprint density at radius 1 is 0.679 bits per heavy atom. The fraction of sp³-hybridized carbons (Fsp3) is 0.0312. The topological polar surface area (TPSA) is 327 Å². The van der Waals surface area contributed by atoms with Gasteiger partial charge in [-0.3, -0.25) is 14.1 Å². The van der Waals surface area contributed by atoms with Gasteiger partial charge in [-0.25, -0.2) is 0 Å². The van der Waals surface area contributed by atoms with E-state index < -0.39 is 74.4 Å². The summed E-state index contributed by atoms with van der Waals surface area (Å²) in [6.45, 7) is 0. The van der Waals surface area contributed by atoms with Gasteiger partial charge in [0.15, 0.2) is 5.78 Å². The van der Waals surface area contributed by atoms with E-state index in [1.807, 2.05) is 0 Å². The van der Waals surface area contributed by atoms with E-state index >= 15 is 0 Å². The number of anilines is 6. The second-order valence-electron chi connectivity index (χ2n) is 11.8. The largest absolute Gasteiger partial charge is 0.479 e. The molecule has 9 N–H and O–H groups in total. The highest BCUT2D eigenvalue weighted by Crippen LogP contribution is 2.43. The van der Waals surface area contributed by atoms with Crippen molar-refractivity contribution in [2.75, 3.05) is 16.0 Å². The van der Waals surface area contributed by atoms with Gasteiger partial charge >= 0.3 is 26.2 Å². The van der Waals surface area contributed by atoms with Crippen LogP contribution in [0.15, 0.2) is 98.3 Å². The Morgan fingerprint density at radius 3 is 2.00 bits per heavy atom. The molecule has 0 saturated carbocycles. The maximum Gasteiger partial charge on any atom is 0.320 e. The number of hydrogen-bond acceptors (Lipinski definition) is 19. The first kappa shape index (κ1) is 37.9. The molecule has 0 radical (unpaired) electrons. The minimum Gasteiger partial charge on any atom is -0.479 e. The van der Waals surface area contributed by atoms with Gasteiger partial charge in [-0.1, -0.05) is 24.3 Å². The second kappa shape index (κ2) is 13.7. The fourth-order valence-corrected chi connectivity index (χ4v) is 8.00. The van der Waals surface area contributed by atoms with Gasteiger partial charge in [0.1, 0.15) is 9.79 Å². The van der Waals surface area contributed by atoms with Gasteiger partial charge in [0.2, 0.25) is 11.9 Å². The number of aromatic nitrogens is 4. The molecule has 24 heteroatoms. The summed E-state index contributed by atoms with van der Waals surface area (Å²) in [6.07, 6.45) is 0. The van der Waals surface area contributed by atoms with Crippen LogP contribution < -0.4 is 33.3 Å². The highest BCUT2D eigenvalue weighted by atomic mass is 32.2. The maximum atomic E-state index is 14.1. The number of hydrogen-bond donors (Lipinski definition) is 7. The smallest absolute Gasteiger partial charge is 0.320 e. The Morgan fingerprint density at radius 2 is 1.32 bits per heavy atom. The molecule has 56 heavy (non-hydrogen) atoms. The van der Waals surface area contributed by atoms with Crippen LogP contribution in [0.1, 0.15) is 15.9 Å². The number of carbonyl (C=O) groups excluding carboxylic acids is 1. The van der Waals surface area contributed by atoms with E-state index in [9.17, 15) is 44.5 Å². The summed E-state index contributed by atoms with van der Waals surface area (Å²) in [5, 5.41) is 18.8. The average Bonchev–Trinajstić information content (AvgIpc) is 3.15. The molecule has 7 rings (SSSR count). The van der Waals surface area contributed by atoms with Crippen LogP contribution in [0.5, 0.6) is 6.01 Å². The molecule has 0 bridgehead atoms. The van der Waals surface area contributed by atoms with E-state index in [-0.39, 0.29) is 28.2 Å². The number of pyridine rings is 1. The van der Waals surface area contributed by atoms with Crippen LogP contribution in [0, 0.1) is 0 Å². The van der Waals surface area contributed by atoms with Gasteiger partial charge in [0.25, 0.3) is 15.7 Å². The number of fused-ring (bicyclic) bond motifs is 2. The van der Waals surface area contributed by atoms with Crippen molar-refractivity contribution in [1.82, 2.24) is 19.5 Å². The Hall–Kier alpha value is -6.38. The molecule has 0 spiro atoms. The van der Waals surface area contributed by atoms with Gasteiger partial charge in [-0.2, -0.15) is 60.6 Å². The standard InChI is InChI=1S/C32H25N9O12S3/c1-41-23-9-8-20(28-27(23)19(14-26(41)42)17-4-2-3-5-18(17)29(28)43)36-21-12-15(6-10-25(21)56(50,51)53-34)35-30-38-31(40-32(44)39-30)37-22-13-16(55(48,49)52-33)7-11-24(22)54(45,46)47/h2-14,36H,33-34H2,1H3,(H,45,46,47)(H3,35,37,38,39,40,44). The normalized spacial score (nSPS) is 12.7. The second-order valence-corrected chi connectivity index (χ2v) is 16.3. The minimum absolute atomic E-state index is 0.0565. The van der Waals surface area contributed by atoms with E-state index in [0.717, 1.165) is 24.3 Å². The highest BCUT2D eigenvalue weighted by molar-refractivity contribution is 7.87. The molecule has 4 aromatic carbocycles. The summed E-state index contributed by atoms with van der Waals surface area (Å²) in [5.74, 6) is 8.55. The minimum atomic E-state index is -4.97. The number of aryl methyl sites for hydroxylation is 1. The number of nitrogens with one attached hydrogen (secondary N) is 3. The first-order valence-corrected chi connectivity index (χ1v) is 19.8. The van der Waals surface area contributed by atoms with Gasteiger partial charge in [0, 0.05) is 29.8 Å². The van der Waals surface area contributed by atoms with Crippen LogP contribution in [0.4, 0.5) is 34.6 Å². The first-order valence-electron chi connectivity index (χ1n) is 15.5. The van der Waals surface area contributed by atoms with Crippen LogP contribution in [0.25, 0.3) is 22.0 Å². The molecule has 2 aromatic heterocycles. The Kier molecular flexibility index (Phi) is 9.29. The lowest BCUT2D eigenvalue weighted by molar-refractivity contribution is 0.104. The highest BCUT2D eigenvalue weighted by Gasteiger charge is 2.30. The Labute approximate surface area is 315 Å². The van der Waals surface area contributed by atoms with Crippen molar-refractivity contribution in [1.29, 1.82) is 0 Å². The number of rotatable bonds is 11. The summed E-state index contributed by atoms with van der Waals surface area (Å²) in [5.41, 5.74) is 1.05. The van der Waals surface area contributed by atoms with E-state index in [1.54, 1.807) is 37.4 Å². The number of nitrogens with two attached hydrogens (primary N) is 2. The Bertz CT molecular complexity index is 3070. The number of aromatic hydroxyl groups is 1. The molecule has 6 aromatic rings. The van der Waals surface area contributed by atoms with E-state index in [2.05, 4.69) is 39.5 Å². The number of carbonyl (C=O) groups is 1. The van der Waals surface area contributed by atoms with Crippen molar-refractivity contribution in [3.05, 3.63) is 100 Å². The van der Waals surface area contributed by atoms with Crippen molar-refractivity contribution in [2.24, 2.45) is 18.8 Å². The quantitative estimate of drug-likeness (QED) is 0.0726. The lowest BCUT2D eigenvalue weighted by Crippen LogP contribution is -2.21. The molecular weight excluding hydrogens is 799 g/mol. The van der Waals surface area contributed by atoms with Gasteiger partial charge < -0.3 is 25.6 Å². The molecule has 2 heterocycles. The molecule has 0 fully saturated rings. The van der Waals surface area contributed by atoms with Crippen molar-refractivity contribution in [3.63, 3.8) is 0 Å². The summed E-state index contributed by atoms with van der Waals surface area (Å²) in [6, 6.07) is 16.1. The third kappa shape index (κ3) is 6.77. The molecule has 0 aliphatic heterocycles. The third-order valence-corrected chi connectivity index (χ3v) is 11.7. The lowest BCUT2D eigenvalue weighted by atomic mass is 9.83. The molecule has 21 nitrogen and oxygen atoms in total. The summed E-state index contributed by atoms with van der Waals surface area (Å²) in [7, 11) is -12.6. The molecule has 0 saturated heterocycles. The van der Waals surface area contributed by atoms with Crippen LogP contribution >= 0.6 is 0 Å². The van der Waals surface area contributed by atoms with Gasteiger partial charge in [-0.15, -0.1) is 0 Å². The molecule has 0 unspecified atom stereocenters. The van der Waals surface area contributed by atoms with Crippen LogP contribution in [0.2, 0.25) is 0 Å². The maximum absolute atomic E-state index is 14.1. The molecule has 0 atom stereocenters. The van der Waals surface area contributed by atoms with E-state index in [1.165, 1.54) is 28.8 Å². The van der Waals surface area contributed by atoms with Crippen molar-refractivity contribution >= 4 is 81.7 Å². The predicted octanol–water partition coefficient (Wildman–Crippen LogP) is 2.28. The monoisotopic (exact) mass is 823 g/mol. The molecule has 0 amide bonds. The predicted molar refractivity (Wildman–Crippen MR) is 197 cm³/mol. The molecular formula is C32H25N9O12S3. The SMILES string of the molecule is Cn1c(=O)cc2c3c(c(Nc4cc(Nc5nc(O)nc(Nc6cc(S(=O)(=O)ON)ccc6S(=O)(=O)O)n5)ccc4S(=O)(=O)ON)ccc31)C(=O)c1ccccc1-2. The van der Waals surface area contributed by atoms with Crippen LogP contribution in [-0.4, -0.2) is 60.2 Å². The summed E-state index contributed by atoms with van der Waals surface area (Å²) >= 11 is 0. The van der Waals surface area contributed by atoms with Gasteiger partial charge in [0.05, 0.1) is 33.0 Å². The van der Waals surface area contributed by atoms with E-state index in [0.29, 0.717) is 27.6 Å². The lowest BCUT2D eigenvalue weighted by Gasteiger charge is -2.24. The first-order chi connectivity index (χ1) is 26.4. The van der Waals surface area contributed by atoms with Crippen molar-refractivity contribution in [2.45, 2.75) is 14.7 Å². The zero-order valence-corrected chi connectivity index (χ0v) is 30.6. The average molecular weight is 824 g/mol.